The van der Waals surface area contributed by atoms with E-state index in [1.54, 1.807) is 0 Å². The Labute approximate surface area is 174 Å². The minimum atomic E-state index is -3.79. The zero-order chi connectivity index (χ0) is 22.1. The van der Waals surface area contributed by atoms with Gasteiger partial charge in [0.25, 0.3) is 5.91 Å². The molecule has 1 amide bonds. The van der Waals surface area contributed by atoms with Gasteiger partial charge in [-0.15, -0.1) is 8.78 Å². The highest BCUT2D eigenvalue weighted by atomic mass is 35.5. The zero-order valence-corrected chi connectivity index (χ0v) is 16.6. The van der Waals surface area contributed by atoms with Gasteiger partial charge in [-0.3, -0.25) is 9.79 Å². The molecule has 0 aliphatic carbocycles. The number of carbonyl (C=O) groups is 1. The summed E-state index contributed by atoms with van der Waals surface area (Å²) in [6.45, 7) is 6.41. The third-order valence-electron chi connectivity index (χ3n) is 4.12. The van der Waals surface area contributed by atoms with Crippen molar-refractivity contribution in [3.05, 3.63) is 64.1 Å². The number of ether oxygens (including phenoxy) is 2. The fourth-order valence-corrected chi connectivity index (χ4v) is 2.89. The van der Waals surface area contributed by atoms with Gasteiger partial charge >= 0.3 is 6.29 Å². The Morgan fingerprint density at radius 3 is 2.57 bits per heavy atom. The number of alkyl halides is 2. The molecule has 0 unspecified atom stereocenters. The Bertz CT molecular complexity index is 1100. The number of fused-ring (bicyclic) bond motifs is 1. The van der Waals surface area contributed by atoms with Gasteiger partial charge in [0.05, 0.1) is 16.9 Å². The normalized spacial score (nSPS) is 15.1. The van der Waals surface area contributed by atoms with Gasteiger partial charge in [-0.05, 0) is 44.3 Å². The van der Waals surface area contributed by atoms with Crippen LogP contribution in [0.5, 0.6) is 11.5 Å². The molecule has 10 heteroatoms. The van der Waals surface area contributed by atoms with E-state index in [1.807, 2.05) is 0 Å². The highest BCUT2D eigenvalue weighted by Gasteiger charge is 2.43. The topological polar surface area (TPSA) is 72.3 Å². The number of carbonyl (C=O) groups excluding carboxylic acids is 1. The Balaban J connectivity index is 1.83. The van der Waals surface area contributed by atoms with Crippen LogP contribution >= 0.6 is 11.6 Å². The number of aliphatic imine (C=N–C) groups is 2. The van der Waals surface area contributed by atoms with Crippen molar-refractivity contribution in [1.29, 1.82) is 0 Å². The van der Waals surface area contributed by atoms with Gasteiger partial charge in [-0.2, -0.15) is 0 Å². The van der Waals surface area contributed by atoms with E-state index in [0.717, 1.165) is 6.07 Å². The average Bonchev–Trinajstić information content (AvgIpc) is 2.97. The van der Waals surface area contributed by atoms with Crippen LogP contribution in [0.4, 0.5) is 13.2 Å². The van der Waals surface area contributed by atoms with Gasteiger partial charge in [0.2, 0.25) is 0 Å². The summed E-state index contributed by atoms with van der Waals surface area (Å²) < 4.78 is 48.8. The summed E-state index contributed by atoms with van der Waals surface area (Å²) >= 11 is 6.12. The molecule has 6 nitrogen and oxygen atoms in total. The van der Waals surface area contributed by atoms with Crippen molar-refractivity contribution in [2.75, 3.05) is 0 Å². The summed E-state index contributed by atoms with van der Waals surface area (Å²) in [5.41, 5.74) is 0.721. The van der Waals surface area contributed by atoms with Gasteiger partial charge in [-0.1, -0.05) is 17.7 Å². The van der Waals surface area contributed by atoms with E-state index in [1.165, 1.54) is 44.3 Å². The number of nitrogens with zero attached hydrogens (tertiary/aromatic N) is 2. The maximum atomic E-state index is 13.6. The second-order valence-corrected chi connectivity index (χ2v) is 6.61. The second-order valence-electron chi connectivity index (χ2n) is 6.20. The van der Waals surface area contributed by atoms with Crippen LogP contribution in [0.2, 0.25) is 5.02 Å². The van der Waals surface area contributed by atoms with E-state index >= 15 is 0 Å². The van der Waals surface area contributed by atoms with E-state index in [2.05, 4.69) is 31.5 Å². The summed E-state index contributed by atoms with van der Waals surface area (Å²) in [7, 11) is 0. The number of hydrogen-bond donors (Lipinski definition) is 1. The van der Waals surface area contributed by atoms with Crippen molar-refractivity contribution in [3.63, 3.8) is 0 Å². The standard InChI is InChI=1S/C20H15ClF3N3O3/c1-10-12(5-4-6-15(10)22)19(28)27-11(2)26-9-16(25-3)13-7-17-18(8-14(13)21)30-20(23,24)29-17/h4-9H,3H2,1-2H3,(H,26,27,28)/b16-9-. The lowest BCUT2D eigenvalue weighted by Crippen LogP contribution is -2.28. The number of hydrogen-bond acceptors (Lipinski definition) is 5. The smallest absolute Gasteiger partial charge is 0.395 e. The van der Waals surface area contributed by atoms with E-state index in [4.69, 9.17) is 11.6 Å². The Kier molecular flexibility index (Phi) is 5.84. The van der Waals surface area contributed by atoms with E-state index < -0.39 is 18.0 Å². The quantitative estimate of drug-likeness (QED) is 0.543. The number of amidine groups is 1. The maximum absolute atomic E-state index is 13.6. The first-order chi connectivity index (χ1) is 14.1. The Morgan fingerprint density at radius 2 is 1.90 bits per heavy atom. The van der Waals surface area contributed by atoms with Crippen LogP contribution in [0.1, 0.15) is 28.4 Å². The van der Waals surface area contributed by atoms with Crippen LogP contribution < -0.4 is 14.8 Å². The molecule has 0 spiro atoms. The summed E-state index contributed by atoms with van der Waals surface area (Å²) in [5, 5.41) is 2.58. The molecule has 0 saturated heterocycles. The number of amides is 1. The fraction of sp³-hybridized carbons (Fsp3) is 0.150. The van der Waals surface area contributed by atoms with Crippen LogP contribution in [-0.4, -0.2) is 24.8 Å². The van der Waals surface area contributed by atoms with Gasteiger partial charge in [0.15, 0.2) is 11.5 Å². The Hall–Kier alpha value is -3.33. The average molecular weight is 438 g/mol. The van der Waals surface area contributed by atoms with Crippen LogP contribution in [0, 0.1) is 12.7 Å². The summed E-state index contributed by atoms with van der Waals surface area (Å²) in [6.07, 6.45) is -2.55. The van der Waals surface area contributed by atoms with Crippen LogP contribution in [0.15, 0.2) is 46.5 Å². The molecule has 3 rings (SSSR count). The molecule has 0 saturated carbocycles. The first-order valence-electron chi connectivity index (χ1n) is 8.49. The molecule has 0 aromatic heterocycles. The van der Waals surface area contributed by atoms with Crippen LogP contribution in [0.3, 0.4) is 0 Å². The zero-order valence-electron chi connectivity index (χ0n) is 15.8. The maximum Gasteiger partial charge on any atom is 0.586 e. The lowest BCUT2D eigenvalue weighted by molar-refractivity contribution is -0.286. The fourth-order valence-electron chi connectivity index (χ4n) is 2.64. The summed E-state index contributed by atoms with van der Waals surface area (Å²) in [5.74, 6) is -1.30. The van der Waals surface area contributed by atoms with E-state index in [-0.39, 0.29) is 44.7 Å². The van der Waals surface area contributed by atoms with Crippen molar-refractivity contribution in [2.45, 2.75) is 20.1 Å². The van der Waals surface area contributed by atoms with Gasteiger partial charge in [0, 0.05) is 17.2 Å². The number of nitrogens with one attached hydrogen (secondary N) is 1. The highest BCUT2D eigenvalue weighted by Crippen LogP contribution is 2.45. The van der Waals surface area contributed by atoms with Gasteiger partial charge in [0.1, 0.15) is 11.7 Å². The molecule has 2 aromatic rings. The molecule has 0 fully saturated rings. The molecule has 2 aromatic carbocycles. The molecule has 30 heavy (non-hydrogen) atoms. The number of rotatable bonds is 4. The molecule has 1 aliphatic rings. The predicted molar refractivity (Wildman–Crippen MR) is 107 cm³/mol. The van der Waals surface area contributed by atoms with Crippen molar-refractivity contribution >= 4 is 35.8 Å². The lowest BCUT2D eigenvalue weighted by Gasteiger charge is -2.08. The molecule has 1 N–H and O–H groups in total. The molecule has 0 bridgehead atoms. The van der Waals surface area contributed by atoms with Crippen LogP contribution in [0.25, 0.3) is 5.70 Å². The third-order valence-corrected chi connectivity index (χ3v) is 4.44. The first kappa shape index (κ1) is 21.4. The first-order valence-corrected chi connectivity index (χ1v) is 8.86. The third kappa shape index (κ3) is 4.46. The van der Waals surface area contributed by atoms with Crippen molar-refractivity contribution in [2.24, 2.45) is 9.98 Å². The van der Waals surface area contributed by atoms with E-state index in [0.29, 0.717) is 0 Å². The largest absolute Gasteiger partial charge is 0.586 e. The van der Waals surface area contributed by atoms with Crippen LogP contribution in [-0.2, 0) is 0 Å². The molecule has 1 aliphatic heterocycles. The molecule has 0 atom stereocenters. The number of benzene rings is 2. The SMILES string of the molecule is C=N/C(=C\N=C(/C)NC(=O)c1cccc(F)c1C)c1cc2c(cc1Cl)OC(F)(F)O2. The van der Waals surface area contributed by atoms with Gasteiger partial charge < -0.3 is 14.8 Å². The highest BCUT2D eigenvalue weighted by molar-refractivity contribution is 6.32. The molecular weight excluding hydrogens is 423 g/mol. The predicted octanol–water partition coefficient (Wildman–Crippen LogP) is 4.96. The van der Waals surface area contributed by atoms with Crippen molar-refractivity contribution in [1.82, 2.24) is 5.32 Å². The summed E-state index contributed by atoms with van der Waals surface area (Å²) in [4.78, 5) is 20.2. The number of halogens is 4. The van der Waals surface area contributed by atoms with Crippen molar-refractivity contribution < 1.29 is 27.4 Å². The molecular formula is C20H15ClF3N3O3. The minimum Gasteiger partial charge on any atom is -0.395 e. The second kappa shape index (κ2) is 8.19. The van der Waals surface area contributed by atoms with Crippen molar-refractivity contribution in [3.8, 4) is 11.5 Å². The van der Waals surface area contributed by atoms with Gasteiger partial charge in [-0.25, -0.2) is 9.38 Å². The van der Waals surface area contributed by atoms with E-state index in [9.17, 15) is 18.0 Å². The lowest BCUT2D eigenvalue weighted by atomic mass is 10.1. The monoisotopic (exact) mass is 437 g/mol. The Morgan fingerprint density at radius 1 is 1.23 bits per heavy atom. The molecule has 1 heterocycles. The molecule has 0 radical (unpaired) electrons. The molecule has 156 valence electrons. The minimum absolute atomic E-state index is 0.0565. The summed E-state index contributed by atoms with van der Waals surface area (Å²) in [6, 6.07) is 6.54.